The van der Waals surface area contributed by atoms with Crippen molar-refractivity contribution >= 4 is 28.9 Å². The van der Waals surface area contributed by atoms with E-state index in [1.54, 1.807) is 12.1 Å². The highest BCUT2D eigenvalue weighted by Gasteiger charge is 2.21. The predicted molar refractivity (Wildman–Crippen MR) is 165 cm³/mol. The normalized spacial score (nSPS) is 11.2. The fourth-order valence-corrected chi connectivity index (χ4v) is 4.51. The summed E-state index contributed by atoms with van der Waals surface area (Å²) in [7, 11) is 0. The van der Waals surface area contributed by atoms with E-state index >= 15 is 0 Å². The molecule has 0 fully saturated rings. The summed E-state index contributed by atoms with van der Waals surface area (Å²) in [5.41, 5.74) is 6.24. The summed E-state index contributed by atoms with van der Waals surface area (Å²) in [6.07, 6.45) is 9.19. The molecule has 0 aliphatic carbocycles. The van der Waals surface area contributed by atoms with Crippen LogP contribution < -0.4 is 14.2 Å². The van der Waals surface area contributed by atoms with Crippen LogP contribution in [-0.4, -0.2) is 17.9 Å². The van der Waals surface area contributed by atoms with Gasteiger partial charge in [-0.05, 0) is 84.6 Å². The first-order valence-corrected chi connectivity index (χ1v) is 14.0. The molecule has 3 rings (SSSR count). The van der Waals surface area contributed by atoms with Gasteiger partial charge in [-0.15, -0.1) is 0 Å². The minimum Gasteiger partial charge on any atom is -0.456 e. The molecular weight excluding hydrogens is 532 g/mol. The molecule has 222 valence electrons. The van der Waals surface area contributed by atoms with Gasteiger partial charge in [-0.3, -0.25) is 14.4 Å². The smallest absolute Gasteiger partial charge is 0.308 e. The lowest BCUT2D eigenvalue weighted by atomic mass is 9.99. The average Bonchev–Trinajstić information content (AvgIpc) is 3.30. The van der Waals surface area contributed by atoms with Gasteiger partial charge in [0, 0.05) is 48.9 Å². The monoisotopic (exact) mass is 572 g/mol. The van der Waals surface area contributed by atoms with Gasteiger partial charge in [-0.2, -0.15) is 0 Å². The van der Waals surface area contributed by atoms with E-state index in [9.17, 15) is 14.4 Å². The number of ether oxygens (including phenoxy) is 3. The minimum atomic E-state index is -0.503. The van der Waals surface area contributed by atoms with Crippen LogP contribution in [0.3, 0.4) is 0 Å². The van der Waals surface area contributed by atoms with Crippen LogP contribution in [0.25, 0.3) is 22.3 Å². The molecule has 0 spiro atoms. The largest absolute Gasteiger partial charge is 0.456 e. The minimum absolute atomic E-state index is 0.228. The molecule has 0 saturated carbocycles. The highest BCUT2D eigenvalue weighted by atomic mass is 16.5. The number of esters is 3. The van der Waals surface area contributed by atoms with E-state index in [2.05, 4.69) is 32.9 Å². The lowest BCUT2D eigenvalue weighted by Crippen LogP contribution is -2.07. The third-order valence-corrected chi connectivity index (χ3v) is 6.42. The average molecular weight is 573 g/mol. The number of carbonyl (C=O) groups is 3. The molecule has 0 N–H and O–H groups in total. The summed E-state index contributed by atoms with van der Waals surface area (Å²) < 4.78 is 23.0. The Morgan fingerprint density at radius 2 is 1.31 bits per heavy atom. The quantitative estimate of drug-likeness (QED) is 0.129. The second-order valence-corrected chi connectivity index (χ2v) is 10.9. The topological polar surface area (TPSA) is 92.0 Å². The highest BCUT2D eigenvalue weighted by Crippen LogP contribution is 2.41. The lowest BCUT2D eigenvalue weighted by molar-refractivity contribution is -0.133. The number of hydrogen-bond acceptors (Lipinski definition) is 7. The lowest BCUT2D eigenvalue weighted by Gasteiger charge is -2.14. The molecule has 7 heteroatoms. The Bertz CT molecular complexity index is 1570. The zero-order chi connectivity index (χ0) is 31.0. The Hall–Kier alpha value is -4.39. The predicted octanol–water partition coefficient (Wildman–Crippen LogP) is 8.62. The van der Waals surface area contributed by atoms with Gasteiger partial charge in [0.05, 0.1) is 0 Å². The molecule has 0 radical (unpaired) electrons. The van der Waals surface area contributed by atoms with Crippen molar-refractivity contribution in [2.45, 2.75) is 81.1 Å². The summed E-state index contributed by atoms with van der Waals surface area (Å²) >= 11 is 0. The fraction of sp³-hybridized carbons (Fsp3) is 0.343. The SMILES string of the molecule is CC(=O)Oc1cc(OC(C)=O)c(CC=C(C)C)c(-c2cc3ccc(OC(C)=O)c(CC=C(C)CCC=C(C)C)c3o2)c1. The summed E-state index contributed by atoms with van der Waals surface area (Å²) in [5, 5.41) is 0.812. The van der Waals surface area contributed by atoms with Crippen LogP contribution in [0.2, 0.25) is 0 Å². The summed E-state index contributed by atoms with van der Waals surface area (Å²) in [6.45, 7) is 14.2. The number of benzene rings is 2. The summed E-state index contributed by atoms with van der Waals surface area (Å²) in [6, 6.07) is 8.75. The molecule has 0 saturated heterocycles. The van der Waals surface area contributed by atoms with Gasteiger partial charge in [0.25, 0.3) is 0 Å². The fourth-order valence-electron chi connectivity index (χ4n) is 4.51. The van der Waals surface area contributed by atoms with Crippen LogP contribution in [0, 0.1) is 0 Å². The van der Waals surface area contributed by atoms with E-state index in [1.807, 2.05) is 32.1 Å². The van der Waals surface area contributed by atoms with Gasteiger partial charge >= 0.3 is 17.9 Å². The number of carbonyl (C=O) groups excluding carboxylic acids is 3. The molecule has 1 heterocycles. The number of allylic oxidation sites excluding steroid dienone is 6. The van der Waals surface area contributed by atoms with Crippen LogP contribution in [0.5, 0.6) is 17.2 Å². The molecule has 0 aliphatic heterocycles. The number of fused-ring (bicyclic) bond motifs is 1. The van der Waals surface area contributed by atoms with Gasteiger partial charge in [-0.25, -0.2) is 0 Å². The van der Waals surface area contributed by atoms with Gasteiger partial charge in [0.1, 0.15) is 28.6 Å². The number of rotatable bonds is 11. The van der Waals surface area contributed by atoms with E-state index in [0.29, 0.717) is 41.1 Å². The first kappa shape index (κ1) is 32.1. The Kier molecular flexibility index (Phi) is 11.1. The van der Waals surface area contributed by atoms with E-state index in [0.717, 1.165) is 29.4 Å². The molecule has 3 aromatic rings. The van der Waals surface area contributed by atoms with E-state index in [4.69, 9.17) is 18.6 Å². The summed E-state index contributed by atoms with van der Waals surface area (Å²) in [4.78, 5) is 35.8. The molecule has 2 aromatic carbocycles. The molecule has 42 heavy (non-hydrogen) atoms. The van der Waals surface area contributed by atoms with Crippen molar-refractivity contribution in [1.29, 1.82) is 0 Å². The Labute approximate surface area is 247 Å². The third-order valence-electron chi connectivity index (χ3n) is 6.42. The van der Waals surface area contributed by atoms with E-state index in [-0.39, 0.29) is 11.5 Å². The van der Waals surface area contributed by atoms with Crippen molar-refractivity contribution in [2.24, 2.45) is 0 Å². The van der Waals surface area contributed by atoms with Crippen LogP contribution >= 0.6 is 0 Å². The Balaban J connectivity index is 2.21. The molecule has 7 nitrogen and oxygen atoms in total. The molecular formula is C35H40O7. The molecule has 0 aliphatic rings. The highest BCUT2D eigenvalue weighted by molar-refractivity contribution is 5.89. The van der Waals surface area contributed by atoms with E-state index in [1.165, 1.54) is 38.0 Å². The molecule has 0 bridgehead atoms. The van der Waals surface area contributed by atoms with E-state index < -0.39 is 17.9 Å². The number of hydrogen-bond donors (Lipinski definition) is 0. The summed E-state index contributed by atoms with van der Waals surface area (Å²) in [5.74, 6) is 0.0189. The van der Waals surface area contributed by atoms with Crippen LogP contribution in [0.1, 0.15) is 79.4 Å². The molecule has 1 aromatic heterocycles. The zero-order valence-electron chi connectivity index (χ0n) is 25.8. The van der Waals surface area contributed by atoms with Crippen LogP contribution in [0.15, 0.2) is 69.7 Å². The van der Waals surface area contributed by atoms with Crippen LogP contribution in [0.4, 0.5) is 0 Å². The van der Waals surface area contributed by atoms with Crippen molar-refractivity contribution in [3.63, 3.8) is 0 Å². The van der Waals surface area contributed by atoms with Crippen LogP contribution in [-0.2, 0) is 27.2 Å². The zero-order valence-corrected chi connectivity index (χ0v) is 25.8. The third kappa shape index (κ3) is 9.06. The molecule has 0 atom stereocenters. The standard InChI is InChI=1S/C35H40O7/c1-21(2)10-9-11-23(5)13-16-30-32(40-25(7)37)17-14-27-18-33(42-35(27)30)31-19-28(39-24(6)36)20-34(41-26(8)38)29(31)15-12-22(3)4/h10,12-14,17-20H,9,11,15-16H2,1-8H3. The van der Waals surface area contributed by atoms with Gasteiger partial charge in [0.2, 0.25) is 0 Å². The second kappa shape index (κ2) is 14.5. The van der Waals surface area contributed by atoms with Gasteiger partial charge in [-0.1, -0.05) is 34.9 Å². The maximum Gasteiger partial charge on any atom is 0.308 e. The first-order valence-electron chi connectivity index (χ1n) is 14.0. The Morgan fingerprint density at radius 3 is 1.93 bits per heavy atom. The molecule has 0 unspecified atom stereocenters. The first-order chi connectivity index (χ1) is 19.8. The van der Waals surface area contributed by atoms with Gasteiger partial charge < -0.3 is 18.6 Å². The number of furan rings is 1. The molecule has 0 amide bonds. The second-order valence-electron chi connectivity index (χ2n) is 10.9. The van der Waals surface area contributed by atoms with Crippen molar-refractivity contribution < 1.29 is 33.0 Å². The van der Waals surface area contributed by atoms with Gasteiger partial charge in [0.15, 0.2) is 0 Å². The maximum atomic E-state index is 12.0. The van der Waals surface area contributed by atoms with Crippen molar-refractivity contribution in [1.82, 2.24) is 0 Å². The van der Waals surface area contributed by atoms with Crippen molar-refractivity contribution in [2.75, 3.05) is 0 Å². The van der Waals surface area contributed by atoms with Crippen molar-refractivity contribution in [3.8, 4) is 28.6 Å². The maximum absolute atomic E-state index is 12.0. The Morgan fingerprint density at radius 1 is 0.690 bits per heavy atom. The van der Waals surface area contributed by atoms with Crippen molar-refractivity contribution in [3.05, 3.63) is 76.4 Å².